The first-order valence-electron chi connectivity index (χ1n) is 3.97. The van der Waals surface area contributed by atoms with Gasteiger partial charge in [-0.3, -0.25) is 0 Å². The molecular weight excluding hydrogens is 193 g/mol. The van der Waals surface area contributed by atoms with Crippen LogP contribution in [0.25, 0.3) is 11.0 Å². The van der Waals surface area contributed by atoms with Crippen molar-refractivity contribution >= 4 is 11.0 Å². The molecule has 5 heteroatoms. The number of para-hydroxylation sites is 1. The standard InChI is InChI=1S/C9H7F3N2/c1-14-5-13-8-6(9(10,11)12)3-2-4-7(8)14/h2-5H,1H3. The fourth-order valence-electron chi connectivity index (χ4n) is 1.39. The van der Waals surface area contributed by atoms with E-state index in [4.69, 9.17) is 0 Å². The lowest BCUT2D eigenvalue weighted by atomic mass is 10.2. The molecule has 2 aromatic rings. The molecule has 0 fully saturated rings. The second-order valence-electron chi connectivity index (χ2n) is 3.03. The van der Waals surface area contributed by atoms with Crippen LogP contribution in [0.5, 0.6) is 0 Å². The van der Waals surface area contributed by atoms with Crippen LogP contribution in [0.2, 0.25) is 0 Å². The van der Waals surface area contributed by atoms with Crippen LogP contribution in [0, 0.1) is 0 Å². The van der Waals surface area contributed by atoms with Crippen molar-refractivity contribution in [2.75, 3.05) is 0 Å². The first-order chi connectivity index (χ1) is 6.50. The molecular formula is C9H7F3N2. The van der Waals surface area contributed by atoms with Gasteiger partial charge in [0, 0.05) is 7.05 Å². The van der Waals surface area contributed by atoms with Gasteiger partial charge in [0.05, 0.1) is 17.4 Å². The highest BCUT2D eigenvalue weighted by atomic mass is 19.4. The van der Waals surface area contributed by atoms with Crippen LogP contribution in [0.3, 0.4) is 0 Å². The van der Waals surface area contributed by atoms with Crippen molar-refractivity contribution in [3.05, 3.63) is 30.1 Å². The van der Waals surface area contributed by atoms with Crippen LogP contribution in [0.1, 0.15) is 5.56 Å². The minimum absolute atomic E-state index is 0.00231. The lowest BCUT2D eigenvalue weighted by Crippen LogP contribution is -2.05. The highest BCUT2D eigenvalue weighted by molar-refractivity contribution is 5.79. The number of aromatic nitrogens is 2. The first kappa shape index (κ1) is 9.05. The van der Waals surface area contributed by atoms with Gasteiger partial charge in [0.1, 0.15) is 5.52 Å². The fourth-order valence-corrected chi connectivity index (χ4v) is 1.39. The van der Waals surface area contributed by atoms with E-state index in [1.165, 1.54) is 12.4 Å². The maximum Gasteiger partial charge on any atom is 0.418 e. The molecule has 0 amide bonds. The van der Waals surface area contributed by atoms with Crippen LogP contribution < -0.4 is 0 Å². The molecule has 1 aromatic heterocycles. The van der Waals surface area contributed by atoms with Gasteiger partial charge in [-0.15, -0.1) is 0 Å². The first-order valence-corrected chi connectivity index (χ1v) is 3.97. The third-order valence-electron chi connectivity index (χ3n) is 2.06. The number of nitrogens with zero attached hydrogens (tertiary/aromatic N) is 2. The summed E-state index contributed by atoms with van der Waals surface area (Å²) in [5.41, 5.74) is -0.196. The van der Waals surface area contributed by atoms with Gasteiger partial charge in [-0.05, 0) is 12.1 Å². The zero-order valence-electron chi connectivity index (χ0n) is 7.34. The molecule has 1 aromatic carbocycles. The maximum absolute atomic E-state index is 12.5. The smallest absolute Gasteiger partial charge is 0.334 e. The Morgan fingerprint density at radius 1 is 1.29 bits per heavy atom. The summed E-state index contributed by atoms with van der Waals surface area (Å²) >= 11 is 0. The van der Waals surface area contributed by atoms with E-state index >= 15 is 0 Å². The summed E-state index contributed by atoms with van der Waals surface area (Å²) < 4.78 is 39.0. The van der Waals surface area contributed by atoms with Crippen molar-refractivity contribution in [3.8, 4) is 0 Å². The monoisotopic (exact) mass is 200 g/mol. The van der Waals surface area contributed by atoms with Crippen LogP contribution in [0.4, 0.5) is 13.2 Å². The van der Waals surface area contributed by atoms with E-state index < -0.39 is 11.7 Å². The molecule has 0 radical (unpaired) electrons. The quantitative estimate of drug-likeness (QED) is 0.639. The molecule has 0 aliphatic carbocycles. The number of fused-ring (bicyclic) bond motifs is 1. The minimum atomic E-state index is -4.34. The lowest BCUT2D eigenvalue weighted by molar-refractivity contribution is -0.136. The number of imidazole rings is 1. The Bertz CT molecular complexity index is 470. The highest BCUT2D eigenvalue weighted by Gasteiger charge is 2.33. The van der Waals surface area contributed by atoms with Crippen LogP contribution in [0.15, 0.2) is 24.5 Å². The lowest BCUT2D eigenvalue weighted by Gasteiger charge is -2.06. The van der Waals surface area contributed by atoms with Crippen molar-refractivity contribution in [2.24, 2.45) is 7.05 Å². The molecule has 0 unspecified atom stereocenters. The summed E-state index contributed by atoms with van der Waals surface area (Å²) in [6.45, 7) is 0. The van der Waals surface area contributed by atoms with E-state index in [1.807, 2.05) is 0 Å². The van der Waals surface area contributed by atoms with Gasteiger partial charge in [0.2, 0.25) is 0 Å². The number of benzene rings is 1. The predicted octanol–water partition coefficient (Wildman–Crippen LogP) is 2.59. The molecule has 0 saturated carbocycles. The summed E-state index contributed by atoms with van der Waals surface area (Å²) in [5, 5.41) is 0. The van der Waals surface area contributed by atoms with Gasteiger partial charge in [-0.2, -0.15) is 13.2 Å². The van der Waals surface area contributed by atoms with Crippen LogP contribution in [-0.2, 0) is 13.2 Å². The Morgan fingerprint density at radius 3 is 2.64 bits per heavy atom. The van der Waals surface area contributed by atoms with Crippen LogP contribution in [-0.4, -0.2) is 9.55 Å². The zero-order valence-corrected chi connectivity index (χ0v) is 7.34. The summed E-state index contributed by atoms with van der Waals surface area (Å²) in [6, 6.07) is 4.03. The van der Waals surface area contributed by atoms with Crippen molar-refractivity contribution in [3.63, 3.8) is 0 Å². The molecule has 2 nitrogen and oxygen atoms in total. The molecule has 0 bridgehead atoms. The average Bonchev–Trinajstić information content (AvgIpc) is 2.46. The van der Waals surface area contributed by atoms with E-state index in [2.05, 4.69) is 4.98 Å². The summed E-state index contributed by atoms with van der Waals surface area (Å²) in [4.78, 5) is 3.73. The van der Waals surface area contributed by atoms with Gasteiger partial charge in [0.25, 0.3) is 0 Å². The van der Waals surface area contributed by atoms with E-state index in [0.29, 0.717) is 5.52 Å². The topological polar surface area (TPSA) is 17.8 Å². The van der Waals surface area contributed by atoms with Gasteiger partial charge in [-0.1, -0.05) is 6.07 Å². The Labute approximate surface area is 78.0 Å². The number of hydrogen-bond donors (Lipinski definition) is 0. The molecule has 0 spiro atoms. The normalized spacial score (nSPS) is 12.3. The fraction of sp³-hybridized carbons (Fsp3) is 0.222. The van der Waals surface area contributed by atoms with E-state index in [-0.39, 0.29) is 5.52 Å². The van der Waals surface area contributed by atoms with Gasteiger partial charge < -0.3 is 4.57 Å². The molecule has 2 rings (SSSR count). The van der Waals surface area contributed by atoms with Gasteiger partial charge >= 0.3 is 6.18 Å². The Morgan fingerprint density at radius 2 is 2.00 bits per heavy atom. The minimum Gasteiger partial charge on any atom is -0.334 e. The highest BCUT2D eigenvalue weighted by Crippen LogP contribution is 2.33. The number of hydrogen-bond acceptors (Lipinski definition) is 1. The SMILES string of the molecule is Cn1cnc2c(C(F)(F)F)cccc21. The maximum atomic E-state index is 12.5. The molecule has 14 heavy (non-hydrogen) atoms. The number of rotatable bonds is 0. The van der Waals surface area contributed by atoms with Crippen molar-refractivity contribution in [1.82, 2.24) is 9.55 Å². The molecule has 0 N–H and O–H groups in total. The second-order valence-corrected chi connectivity index (χ2v) is 3.03. The van der Waals surface area contributed by atoms with Gasteiger partial charge in [0.15, 0.2) is 0 Å². The molecule has 0 aliphatic rings. The molecule has 0 atom stereocenters. The number of aryl methyl sites for hydroxylation is 1. The largest absolute Gasteiger partial charge is 0.418 e. The summed E-state index contributed by atoms with van der Waals surface area (Å²) in [6.07, 6.45) is -2.96. The predicted molar refractivity (Wildman–Crippen MR) is 45.7 cm³/mol. The van der Waals surface area contributed by atoms with Crippen molar-refractivity contribution in [1.29, 1.82) is 0 Å². The summed E-state index contributed by atoms with van der Waals surface area (Å²) in [7, 11) is 1.66. The average molecular weight is 200 g/mol. The number of halogens is 3. The molecule has 1 heterocycles. The Kier molecular flexibility index (Phi) is 1.77. The van der Waals surface area contributed by atoms with Crippen molar-refractivity contribution < 1.29 is 13.2 Å². The van der Waals surface area contributed by atoms with E-state index in [0.717, 1.165) is 6.07 Å². The molecule has 0 aliphatic heterocycles. The molecule has 0 saturated heterocycles. The van der Waals surface area contributed by atoms with Crippen molar-refractivity contribution in [2.45, 2.75) is 6.18 Å². The third-order valence-corrected chi connectivity index (χ3v) is 2.06. The third kappa shape index (κ3) is 1.25. The zero-order chi connectivity index (χ0) is 10.3. The Hall–Kier alpha value is -1.52. The Balaban J connectivity index is 2.79. The van der Waals surface area contributed by atoms with E-state index in [9.17, 15) is 13.2 Å². The van der Waals surface area contributed by atoms with Gasteiger partial charge in [-0.25, -0.2) is 4.98 Å². The number of alkyl halides is 3. The second kappa shape index (κ2) is 2.73. The van der Waals surface area contributed by atoms with Crippen LogP contribution >= 0.6 is 0 Å². The molecule has 74 valence electrons. The van der Waals surface area contributed by atoms with E-state index in [1.54, 1.807) is 17.7 Å². The summed E-state index contributed by atoms with van der Waals surface area (Å²) in [5.74, 6) is 0.